The molecule has 0 spiro atoms. The quantitative estimate of drug-likeness (QED) is 0.840. The molecule has 1 aromatic carbocycles. The van der Waals surface area contributed by atoms with Crippen LogP contribution in [0.2, 0.25) is 0 Å². The Morgan fingerprint density at radius 3 is 2.00 bits per heavy atom. The fourth-order valence-electron chi connectivity index (χ4n) is 2.21. The number of rotatable bonds is 6. The van der Waals surface area contributed by atoms with Crippen LogP contribution in [0.25, 0.3) is 0 Å². The smallest absolute Gasteiger partial charge is 0.126 e. The van der Waals surface area contributed by atoms with Gasteiger partial charge in [0.25, 0.3) is 0 Å². The van der Waals surface area contributed by atoms with Crippen LogP contribution in [-0.4, -0.2) is 13.2 Å². The summed E-state index contributed by atoms with van der Waals surface area (Å²) in [6.45, 7) is 7.35. The van der Waals surface area contributed by atoms with Crippen LogP contribution in [0.4, 0.5) is 0 Å². The van der Waals surface area contributed by atoms with Crippen LogP contribution in [0.5, 0.6) is 11.5 Å². The first kappa shape index (κ1) is 13.2. The Labute approximate surface area is 109 Å². The molecule has 1 aliphatic rings. The van der Waals surface area contributed by atoms with Gasteiger partial charge in [0.1, 0.15) is 11.5 Å². The first-order valence-corrected chi connectivity index (χ1v) is 6.86. The molecular weight excluding hydrogens is 226 g/mol. The van der Waals surface area contributed by atoms with E-state index in [0.717, 1.165) is 17.1 Å². The van der Waals surface area contributed by atoms with Crippen molar-refractivity contribution in [2.24, 2.45) is 5.73 Å². The maximum absolute atomic E-state index is 5.97. The van der Waals surface area contributed by atoms with Crippen molar-refractivity contribution in [2.45, 2.75) is 45.6 Å². The second-order valence-corrected chi connectivity index (χ2v) is 4.86. The second-order valence-electron chi connectivity index (χ2n) is 4.86. The summed E-state index contributed by atoms with van der Waals surface area (Å²) in [6.07, 6.45) is 2.47. The van der Waals surface area contributed by atoms with Gasteiger partial charge in [0.2, 0.25) is 0 Å². The fourth-order valence-corrected chi connectivity index (χ4v) is 2.21. The van der Waals surface area contributed by atoms with Gasteiger partial charge in [0, 0.05) is 11.6 Å². The van der Waals surface area contributed by atoms with Gasteiger partial charge in [-0.05, 0) is 57.2 Å². The third-order valence-corrected chi connectivity index (χ3v) is 3.24. The Morgan fingerprint density at radius 1 is 1.17 bits per heavy atom. The van der Waals surface area contributed by atoms with Gasteiger partial charge in [-0.25, -0.2) is 0 Å². The summed E-state index contributed by atoms with van der Waals surface area (Å²) in [5.74, 6) is 2.52. The van der Waals surface area contributed by atoms with Crippen LogP contribution < -0.4 is 15.2 Å². The molecule has 1 aromatic rings. The zero-order valence-corrected chi connectivity index (χ0v) is 11.5. The first-order valence-electron chi connectivity index (χ1n) is 6.86. The van der Waals surface area contributed by atoms with Gasteiger partial charge in [-0.2, -0.15) is 0 Å². The summed E-state index contributed by atoms with van der Waals surface area (Å²) < 4.78 is 11.6. The Kier molecular flexibility index (Phi) is 4.12. The standard InChI is InChI=1S/C15H23NO2/c1-4-17-13-8-12(10(3)16)9-14(18-5-2)15(13)11-6-7-11/h8-11H,4-7,16H2,1-3H3. The zero-order chi connectivity index (χ0) is 13.1. The minimum absolute atomic E-state index is 0.00309. The summed E-state index contributed by atoms with van der Waals surface area (Å²) in [6, 6.07) is 4.14. The lowest BCUT2D eigenvalue weighted by Gasteiger charge is -2.18. The van der Waals surface area contributed by atoms with Gasteiger partial charge >= 0.3 is 0 Å². The number of hydrogen-bond acceptors (Lipinski definition) is 3. The predicted octanol–water partition coefficient (Wildman–Crippen LogP) is 3.38. The normalized spacial score (nSPS) is 16.4. The monoisotopic (exact) mass is 249 g/mol. The van der Waals surface area contributed by atoms with Gasteiger partial charge < -0.3 is 15.2 Å². The second kappa shape index (κ2) is 5.61. The third-order valence-electron chi connectivity index (χ3n) is 3.24. The van der Waals surface area contributed by atoms with Gasteiger partial charge in [-0.3, -0.25) is 0 Å². The SMILES string of the molecule is CCOc1cc(C(C)N)cc(OCC)c1C1CC1. The molecule has 3 nitrogen and oxygen atoms in total. The molecule has 3 heteroatoms. The van der Waals surface area contributed by atoms with Gasteiger partial charge in [0.05, 0.1) is 13.2 Å². The van der Waals surface area contributed by atoms with Crippen molar-refractivity contribution in [3.63, 3.8) is 0 Å². The van der Waals surface area contributed by atoms with Crippen molar-refractivity contribution < 1.29 is 9.47 Å². The Bertz CT molecular complexity index is 384. The molecule has 0 bridgehead atoms. The van der Waals surface area contributed by atoms with E-state index in [-0.39, 0.29) is 6.04 Å². The van der Waals surface area contributed by atoms with Crippen molar-refractivity contribution in [3.05, 3.63) is 23.3 Å². The molecule has 2 N–H and O–H groups in total. The molecule has 0 saturated heterocycles. The van der Waals surface area contributed by atoms with Crippen molar-refractivity contribution in [1.29, 1.82) is 0 Å². The minimum atomic E-state index is -0.00309. The lowest BCUT2D eigenvalue weighted by Crippen LogP contribution is -2.08. The van der Waals surface area contributed by atoms with Crippen LogP contribution in [-0.2, 0) is 0 Å². The number of hydrogen-bond donors (Lipinski definition) is 1. The fraction of sp³-hybridized carbons (Fsp3) is 0.600. The van der Waals surface area contributed by atoms with E-state index in [1.54, 1.807) is 0 Å². The van der Waals surface area contributed by atoms with E-state index >= 15 is 0 Å². The van der Waals surface area contributed by atoms with Crippen molar-refractivity contribution in [2.75, 3.05) is 13.2 Å². The average molecular weight is 249 g/mol. The van der Waals surface area contributed by atoms with Crippen molar-refractivity contribution in [3.8, 4) is 11.5 Å². The van der Waals surface area contributed by atoms with Gasteiger partial charge in [-0.1, -0.05) is 0 Å². The van der Waals surface area contributed by atoms with E-state index < -0.39 is 0 Å². The van der Waals surface area contributed by atoms with Crippen LogP contribution in [0, 0.1) is 0 Å². The van der Waals surface area contributed by atoms with E-state index in [1.807, 2.05) is 20.8 Å². The van der Waals surface area contributed by atoms with Crippen molar-refractivity contribution in [1.82, 2.24) is 0 Å². The topological polar surface area (TPSA) is 44.5 Å². The number of nitrogens with two attached hydrogens (primary N) is 1. The summed E-state index contributed by atoms with van der Waals surface area (Å²) >= 11 is 0. The maximum atomic E-state index is 5.97. The first-order chi connectivity index (χ1) is 8.67. The van der Waals surface area contributed by atoms with Crippen LogP contribution >= 0.6 is 0 Å². The van der Waals surface area contributed by atoms with E-state index in [1.165, 1.54) is 18.4 Å². The lowest BCUT2D eigenvalue weighted by molar-refractivity contribution is 0.315. The van der Waals surface area contributed by atoms with E-state index in [4.69, 9.17) is 15.2 Å². The lowest BCUT2D eigenvalue weighted by atomic mass is 10.0. The third kappa shape index (κ3) is 2.78. The van der Waals surface area contributed by atoms with E-state index in [2.05, 4.69) is 12.1 Å². The predicted molar refractivity (Wildman–Crippen MR) is 73.4 cm³/mol. The molecule has 1 unspecified atom stereocenters. The molecule has 0 aliphatic heterocycles. The molecule has 0 amide bonds. The minimum Gasteiger partial charge on any atom is -0.493 e. The molecule has 1 saturated carbocycles. The van der Waals surface area contributed by atoms with Crippen LogP contribution in [0.3, 0.4) is 0 Å². The molecule has 1 atom stereocenters. The highest BCUT2D eigenvalue weighted by Gasteiger charge is 2.31. The highest BCUT2D eigenvalue weighted by molar-refractivity contribution is 5.52. The molecule has 2 rings (SSSR count). The molecule has 18 heavy (non-hydrogen) atoms. The largest absolute Gasteiger partial charge is 0.493 e. The van der Waals surface area contributed by atoms with Gasteiger partial charge in [-0.15, -0.1) is 0 Å². The molecule has 0 radical (unpaired) electrons. The molecule has 0 aromatic heterocycles. The van der Waals surface area contributed by atoms with E-state index in [0.29, 0.717) is 19.1 Å². The molecule has 100 valence electrons. The van der Waals surface area contributed by atoms with Crippen LogP contribution in [0.15, 0.2) is 12.1 Å². The number of benzene rings is 1. The highest BCUT2D eigenvalue weighted by Crippen LogP contribution is 2.49. The molecule has 1 fully saturated rings. The summed E-state index contributed by atoms with van der Waals surface area (Å²) in [5, 5.41) is 0. The summed E-state index contributed by atoms with van der Waals surface area (Å²) in [5.41, 5.74) is 8.29. The average Bonchev–Trinajstić information content (AvgIpc) is 3.13. The molecule has 1 aliphatic carbocycles. The van der Waals surface area contributed by atoms with E-state index in [9.17, 15) is 0 Å². The molecule has 0 heterocycles. The Hall–Kier alpha value is -1.22. The Balaban J connectivity index is 2.45. The number of ether oxygens (including phenoxy) is 2. The maximum Gasteiger partial charge on any atom is 0.126 e. The highest BCUT2D eigenvalue weighted by atomic mass is 16.5. The van der Waals surface area contributed by atoms with Crippen LogP contribution in [0.1, 0.15) is 56.7 Å². The van der Waals surface area contributed by atoms with Gasteiger partial charge in [0.15, 0.2) is 0 Å². The Morgan fingerprint density at radius 2 is 1.67 bits per heavy atom. The summed E-state index contributed by atoms with van der Waals surface area (Å²) in [7, 11) is 0. The van der Waals surface area contributed by atoms with Crippen molar-refractivity contribution >= 4 is 0 Å². The molecular formula is C15H23NO2. The zero-order valence-electron chi connectivity index (χ0n) is 11.5. The summed E-state index contributed by atoms with van der Waals surface area (Å²) in [4.78, 5) is 0.